The minimum Gasteiger partial charge on any atom is -0.373 e. The van der Waals surface area contributed by atoms with E-state index in [0.717, 1.165) is 24.7 Å². The molecule has 156 valence electrons. The van der Waals surface area contributed by atoms with Crippen LogP contribution in [0.5, 0.6) is 0 Å². The Labute approximate surface area is 165 Å². The number of carbonyl (C=O) groups is 1. The van der Waals surface area contributed by atoms with Crippen LogP contribution in [-0.2, 0) is 17.5 Å². The second-order valence-electron chi connectivity index (χ2n) is 7.31. The molecule has 0 unspecified atom stereocenters. The Morgan fingerprint density at radius 2 is 1.79 bits per heavy atom. The molecule has 0 saturated carbocycles. The molecule has 1 saturated heterocycles. The topological polar surface area (TPSA) is 88.4 Å². The van der Waals surface area contributed by atoms with Gasteiger partial charge in [0.15, 0.2) is 0 Å². The summed E-state index contributed by atoms with van der Waals surface area (Å²) in [4.78, 5) is 27.1. The van der Waals surface area contributed by atoms with E-state index < -0.39 is 28.9 Å². The van der Waals surface area contributed by atoms with Gasteiger partial charge < -0.3 is 15.5 Å². The number of nitrogens with zero attached hydrogens (tertiary/aromatic N) is 1. The van der Waals surface area contributed by atoms with Crippen LogP contribution in [-0.4, -0.2) is 41.1 Å². The van der Waals surface area contributed by atoms with Crippen LogP contribution in [0.15, 0.2) is 35.1 Å². The van der Waals surface area contributed by atoms with E-state index in [-0.39, 0.29) is 23.3 Å². The molecule has 1 aliphatic rings. The Balaban J connectivity index is 1.92. The smallest absolute Gasteiger partial charge is 0.373 e. The number of H-pyrrole nitrogens is 1. The average molecular weight is 409 g/mol. The Hall–Kier alpha value is -2.65. The highest BCUT2D eigenvalue weighted by molar-refractivity contribution is 5.93. The number of aromatic nitrogens is 1. The molecule has 6 nitrogen and oxygen atoms in total. The summed E-state index contributed by atoms with van der Waals surface area (Å²) in [5, 5.41) is 0. The number of nitrogens with two attached hydrogens (primary N) is 1. The van der Waals surface area contributed by atoms with Crippen molar-refractivity contribution in [3.8, 4) is 11.1 Å². The number of pyridine rings is 1. The monoisotopic (exact) mass is 409 g/mol. The van der Waals surface area contributed by atoms with Crippen molar-refractivity contribution < 1.29 is 22.7 Å². The van der Waals surface area contributed by atoms with Crippen molar-refractivity contribution >= 4 is 5.91 Å². The first kappa shape index (κ1) is 21.1. The zero-order valence-corrected chi connectivity index (χ0v) is 16.0. The zero-order valence-electron chi connectivity index (χ0n) is 16.0. The van der Waals surface area contributed by atoms with Crippen molar-refractivity contribution in [1.29, 1.82) is 0 Å². The van der Waals surface area contributed by atoms with Crippen LogP contribution < -0.4 is 11.3 Å². The molecule has 0 radical (unpaired) electrons. The molecular formula is C20H22F3N3O3. The van der Waals surface area contributed by atoms with Crippen LogP contribution in [0.4, 0.5) is 13.2 Å². The number of nitrogens with one attached hydrogen (secondary N) is 1. The third kappa shape index (κ3) is 4.86. The molecule has 1 aromatic heterocycles. The lowest BCUT2D eigenvalue weighted by Crippen LogP contribution is -2.44. The lowest BCUT2D eigenvalue weighted by atomic mass is 9.99. The minimum atomic E-state index is -4.79. The van der Waals surface area contributed by atoms with E-state index in [9.17, 15) is 22.8 Å². The van der Waals surface area contributed by atoms with Gasteiger partial charge in [0, 0.05) is 25.2 Å². The van der Waals surface area contributed by atoms with Crippen molar-refractivity contribution in [2.24, 2.45) is 5.73 Å². The first-order valence-corrected chi connectivity index (χ1v) is 9.16. The van der Waals surface area contributed by atoms with Gasteiger partial charge in [-0.3, -0.25) is 14.5 Å². The normalized spacial score (nSPS) is 20.6. The van der Waals surface area contributed by atoms with Gasteiger partial charge in [0.2, 0.25) is 0 Å². The van der Waals surface area contributed by atoms with Crippen molar-refractivity contribution in [3.05, 3.63) is 57.5 Å². The highest BCUT2D eigenvalue weighted by atomic mass is 19.4. The summed E-state index contributed by atoms with van der Waals surface area (Å²) >= 11 is 0. The second-order valence-corrected chi connectivity index (χ2v) is 7.31. The van der Waals surface area contributed by atoms with Crippen molar-refractivity contribution in [3.63, 3.8) is 0 Å². The van der Waals surface area contributed by atoms with Gasteiger partial charge in [-0.25, -0.2) is 0 Å². The van der Waals surface area contributed by atoms with Crippen LogP contribution in [0, 0.1) is 0 Å². The van der Waals surface area contributed by atoms with Gasteiger partial charge in [0.05, 0.1) is 12.2 Å². The summed E-state index contributed by atoms with van der Waals surface area (Å²) in [6.07, 6.45) is -4.56. The Bertz CT molecular complexity index is 944. The predicted octanol–water partition coefficient (Wildman–Crippen LogP) is 2.77. The van der Waals surface area contributed by atoms with E-state index >= 15 is 0 Å². The first-order chi connectivity index (χ1) is 13.5. The van der Waals surface area contributed by atoms with E-state index in [0.29, 0.717) is 6.54 Å². The van der Waals surface area contributed by atoms with E-state index in [2.05, 4.69) is 4.90 Å². The first-order valence-electron chi connectivity index (χ1n) is 9.16. The largest absolute Gasteiger partial charge is 0.431 e. The van der Waals surface area contributed by atoms with Gasteiger partial charge in [0.25, 0.3) is 11.5 Å². The summed E-state index contributed by atoms with van der Waals surface area (Å²) in [7, 11) is 0. The number of benzene rings is 1. The molecule has 3 rings (SSSR count). The Kier molecular flexibility index (Phi) is 5.81. The third-order valence-electron chi connectivity index (χ3n) is 4.76. The van der Waals surface area contributed by atoms with Gasteiger partial charge in [-0.05, 0) is 31.0 Å². The van der Waals surface area contributed by atoms with E-state index in [1.807, 2.05) is 13.8 Å². The molecule has 1 aliphatic heterocycles. The maximum Gasteiger partial charge on any atom is 0.431 e. The molecular weight excluding hydrogens is 387 g/mol. The number of alkyl halides is 3. The molecule has 0 aliphatic carbocycles. The number of rotatable bonds is 4. The van der Waals surface area contributed by atoms with Crippen LogP contribution in [0.3, 0.4) is 0 Å². The van der Waals surface area contributed by atoms with Crippen LogP contribution in [0.1, 0.15) is 35.5 Å². The van der Waals surface area contributed by atoms with Crippen LogP contribution in [0.25, 0.3) is 11.1 Å². The Morgan fingerprint density at radius 1 is 1.21 bits per heavy atom. The van der Waals surface area contributed by atoms with Gasteiger partial charge in [-0.2, -0.15) is 13.2 Å². The van der Waals surface area contributed by atoms with Crippen LogP contribution in [0.2, 0.25) is 0 Å². The number of morpholine rings is 1. The predicted molar refractivity (Wildman–Crippen MR) is 101 cm³/mol. The highest BCUT2D eigenvalue weighted by Gasteiger charge is 2.36. The number of ether oxygens (including phenoxy) is 1. The lowest BCUT2D eigenvalue weighted by molar-refractivity contribution is -0.140. The molecule has 2 heterocycles. The zero-order chi connectivity index (χ0) is 21.3. The summed E-state index contributed by atoms with van der Waals surface area (Å²) in [5.74, 6) is -1.09. The van der Waals surface area contributed by atoms with E-state index in [4.69, 9.17) is 10.5 Å². The minimum absolute atomic E-state index is 0.112. The van der Waals surface area contributed by atoms with Crippen molar-refractivity contribution in [2.75, 3.05) is 13.1 Å². The molecule has 1 fully saturated rings. The fraction of sp³-hybridized carbons (Fsp3) is 0.400. The molecule has 0 spiro atoms. The summed E-state index contributed by atoms with van der Waals surface area (Å²) < 4.78 is 45.9. The number of halogens is 3. The van der Waals surface area contributed by atoms with Gasteiger partial charge in [-0.1, -0.05) is 24.3 Å². The maximum absolute atomic E-state index is 13.4. The summed E-state index contributed by atoms with van der Waals surface area (Å²) in [6, 6.07) is 7.43. The standard InChI is InChI=1S/C20H22F3N3O3/c1-11-8-26(9-12(2)29-11)10-13-3-5-14(6-4-13)15-7-16(18(24)27)19(28)25-17(15)20(21,22)23/h3-7,11-12H,8-10H2,1-2H3,(H2,24,27)(H,25,28)/t11-,12+. The fourth-order valence-electron chi connectivity index (χ4n) is 3.63. The number of amides is 1. The lowest BCUT2D eigenvalue weighted by Gasteiger charge is -2.35. The SMILES string of the molecule is C[C@@H]1CN(Cc2ccc(-c3cc(C(N)=O)c(=O)[nH]c3C(F)(F)F)cc2)C[C@H](C)O1. The molecule has 2 aromatic rings. The number of hydrogen-bond acceptors (Lipinski definition) is 4. The average Bonchev–Trinajstić information content (AvgIpc) is 2.60. The van der Waals surface area contributed by atoms with E-state index in [1.54, 1.807) is 17.1 Å². The number of carbonyl (C=O) groups excluding carboxylic acids is 1. The third-order valence-corrected chi connectivity index (χ3v) is 4.76. The second kappa shape index (κ2) is 8.00. The molecule has 9 heteroatoms. The fourth-order valence-corrected chi connectivity index (χ4v) is 3.63. The quantitative estimate of drug-likeness (QED) is 0.813. The molecule has 1 aromatic carbocycles. The number of primary amides is 1. The molecule has 2 atom stereocenters. The van der Waals surface area contributed by atoms with Gasteiger partial charge >= 0.3 is 6.18 Å². The maximum atomic E-state index is 13.4. The molecule has 29 heavy (non-hydrogen) atoms. The summed E-state index contributed by atoms with van der Waals surface area (Å²) in [6.45, 7) is 6.18. The van der Waals surface area contributed by atoms with Crippen LogP contribution >= 0.6 is 0 Å². The van der Waals surface area contributed by atoms with Gasteiger partial charge in [0.1, 0.15) is 11.3 Å². The molecule has 0 bridgehead atoms. The number of hydrogen-bond donors (Lipinski definition) is 2. The van der Waals surface area contributed by atoms with Crippen molar-refractivity contribution in [1.82, 2.24) is 9.88 Å². The highest BCUT2D eigenvalue weighted by Crippen LogP contribution is 2.35. The molecule has 1 amide bonds. The molecule has 3 N–H and O–H groups in total. The summed E-state index contributed by atoms with van der Waals surface area (Å²) in [5.41, 5.74) is 3.08. The van der Waals surface area contributed by atoms with E-state index in [1.165, 1.54) is 12.1 Å². The number of aromatic amines is 1. The van der Waals surface area contributed by atoms with Gasteiger partial charge in [-0.15, -0.1) is 0 Å². The van der Waals surface area contributed by atoms with Crippen molar-refractivity contribution in [2.45, 2.75) is 38.8 Å². The Morgan fingerprint density at radius 3 is 2.31 bits per heavy atom.